The second kappa shape index (κ2) is 13.0. The molecule has 10 rings (SSSR count). The van der Waals surface area contributed by atoms with Crippen LogP contribution in [0.4, 0.5) is 17.1 Å². The molecule has 0 bridgehead atoms. The lowest BCUT2D eigenvalue weighted by molar-refractivity contribution is 1.28. The number of hydrogen-bond acceptors (Lipinski definition) is 1. The lowest BCUT2D eigenvalue weighted by Crippen LogP contribution is -2.11. The van der Waals surface area contributed by atoms with E-state index in [9.17, 15) is 0 Å². The first-order valence-electron chi connectivity index (χ1n) is 18.3. The van der Waals surface area contributed by atoms with Gasteiger partial charge in [-0.2, -0.15) is 0 Å². The zero-order chi connectivity index (χ0) is 35.1. The van der Waals surface area contributed by atoms with Crippen LogP contribution in [0, 0.1) is 0 Å². The van der Waals surface area contributed by atoms with Gasteiger partial charge >= 0.3 is 0 Å². The highest BCUT2D eigenvalue weighted by Gasteiger charge is 2.18. The van der Waals surface area contributed by atoms with Gasteiger partial charge in [-0.05, 0) is 101 Å². The smallest absolute Gasteiger partial charge is 0.0540 e. The van der Waals surface area contributed by atoms with E-state index < -0.39 is 0 Å². The number of benzene rings is 10. The normalized spacial score (nSPS) is 11.4. The van der Waals surface area contributed by atoms with Crippen LogP contribution >= 0.6 is 0 Å². The van der Waals surface area contributed by atoms with Gasteiger partial charge in [-0.3, -0.25) is 0 Å². The van der Waals surface area contributed by atoms with Gasteiger partial charge in [0, 0.05) is 16.9 Å². The Hall–Kier alpha value is -6.96. The summed E-state index contributed by atoms with van der Waals surface area (Å²) in [5.41, 5.74) is 10.6. The molecule has 0 atom stereocenters. The summed E-state index contributed by atoms with van der Waals surface area (Å²) in [6.45, 7) is 0. The minimum Gasteiger partial charge on any atom is -0.310 e. The van der Waals surface area contributed by atoms with Crippen LogP contribution in [0.15, 0.2) is 212 Å². The lowest BCUT2D eigenvalue weighted by atomic mass is 9.92. The van der Waals surface area contributed by atoms with Gasteiger partial charge < -0.3 is 4.90 Å². The largest absolute Gasteiger partial charge is 0.310 e. The maximum atomic E-state index is 2.39. The maximum absolute atomic E-state index is 2.39. The molecule has 0 unspecified atom stereocenters. The van der Waals surface area contributed by atoms with Crippen LogP contribution in [-0.2, 0) is 0 Å². The van der Waals surface area contributed by atoms with Crippen LogP contribution < -0.4 is 4.90 Å². The zero-order valence-electron chi connectivity index (χ0n) is 29.2. The first kappa shape index (κ1) is 30.8. The summed E-state index contributed by atoms with van der Waals surface area (Å²) >= 11 is 0. The van der Waals surface area contributed by atoms with Crippen LogP contribution in [0.2, 0.25) is 0 Å². The highest BCUT2D eigenvalue weighted by Crippen LogP contribution is 2.43. The predicted molar refractivity (Wildman–Crippen MR) is 227 cm³/mol. The molecule has 1 heteroatoms. The molecule has 0 aliphatic carbocycles. The van der Waals surface area contributed by atoms with E-state index in [0.29, 0.717) is 0 Å². The van der Waals surface area contributed by atoms with E-state index in [-0.39, 0.29) is 0 Å². The van der Waals surface area contributed by atoms with Crippen molar-refractivity contribution in [3.05, 3.63) is 212 Å². The molecule has 0 aliphatic heterocycles. The van der Waals surface area contributed by atoms with Crippen molar-refractivity contribution in [1.82, 2.24) is 0 Å². The van der Waals surface area contributed by atoms with Crippen molar-refractivity contribution in [2.45, 2.75) is 0 Å². The molecule has 248 valence electrons. The van der Waals surface area contributed by atoms with Gasteiger partial charge in [-0.15, -0.1) is 0 Å². The SMILES string of the molecule is c1ccc(-c2ccccc2N(c2ccc(-c3cccc4ccccc34)cc2)c2ccc(-c3cccc4c3ccc3c5ccccc5ccc43)cc2)cc1. The summed E-state index contributed by atoms with van der Waals surface area (Å²) < 4.78 is 0. The minimum atomic E-state index is 1.10. The van der Waals surface area contributed by atoms with Gasteiger partial charge in [0.05, 0.1) is 5.69 Å². The molecule has 0 N–H and O–H groups in total. The van der Waals surface area contributed by atoms with Crippen LogP contribution in [0.25, 0.3) is 76.5 Å². The van der Waals surface area contributed by atoms with Gasteiger partial charge in [0.25, 0.3) is 0 Å². The fourth-order valence-electron chi connectivity index (χ4n) is 8.12. The van der Waals surface area contributed by atoms with E-state index in [1.165, 1.54) is 76.5 Å². The maximum Gasteiger partial charge on any atom is 0.0540 e. The number of nitrogens with zero attached hydrogens (tertiary/aromatic N) is 1. The van der Waals surface area contributed by atoms with Gasteiger partial charge in [0.1, 0.15) is 0 Å². The molecule has 0 amide bonds. The monoisotopic (exact) mass is 673 g/mol. The third-order valence-electron chi connectivity index (χ3n) is 10.7. The van der Waals surface area contributed by atoms with E-state index >= 15 is 0 Å². The van der Waals surface area contributed by atoms with Crippen LogP contribution in [0.1, 0.15) is 0 Å². The molecule has 1 nitrogen and oxygen atoms in total. The summed E-state index contributed by atoms with van der Waals surface area (Å²) in [4.78, 5) is 2.39. The van der Waals surface area contributed by atoms with Crippen molar-refractivity contribution in [1.29, 1.82) is 0 Å². The molecule has 53 heavy (non-hydrogen) atoms. The first-order valence-corrected chi connectivity index (χ1v) is 18.3. The van der Waals surface area contributed by atoms with E-state index in [4.69, 9.17) is 0 Å². The third kappa shape index (κ3) is 5.42. The molecule has 0 aliphatic rings. The fraction of sp³-hybridized carbons (Fsp3) is 0. The summed E-state index contributed by atoms with van der Waals surface area (Å²) in [5, 5.41) is 10.2. The molecular weight excluding hydrogens is 639 g/mol. The highest BCUT2D eigenvalue weighted by molar-refractivity contribution is 6.19. The Bertz CT molecular complexity index is 2920. The second-order valence-electron chi connectivity index (χ2n) is 13.7. The molecule has 0 fully saturated rings. The van der Waals surface area contributed by atoms with Crippen LogP contribution in [0.3, 0.4) is 0 Å². The predicted octanol–water partition coefficient (Wildman–Crippen LogP) is 14.8. The summed E-state index contributed by atoms with van der Waals surface area (Å²) in [7, 11) is 0. The molecular formula is C52H35N. The van der Waals surface area contributed by atoms with Gasteiger partial charge in [0.15, 0.2) is 0 Å². The lowest BCUT2D eigenvalue weighted by Gasteiger charge is -2.28. The number of para-hydroxylation sites is 1. The molecule has 0 saturated carbocycles. The Morgan fingerprint density at radius 2 is 0.660 bits per heavy atom. The van der Waals surface area contributed by atoms with Crippen LogP contribution in [0.5, 0.6) is 0 Å². The summed E-state index contributed by atoms with van der Waals surface area (Å²) in [5.74, 6) is 0. The van der Waals surface area contributed by atoms with E-state index in [1.807, 2.05) is 0 Å². The van der Waals surface area contributed by atoms with E-state index in [1.54, 1.807) is 0 Å². The summed E-state index contributed by atoms with van der Waals surface area (Å²) in [6, 6.07) is 77.2. The number of rotatable bonds is 6. The van der Waals surface area contributed by atoms with Crippen molar-refractivity contribution in [2.24, 2.45) is 0 Å². The molecule has 0 spiro atoms. The number of hydrogen-bond donors (Lipinski definition) is 0. The summed E-state index contributed by atoms with van der Waals surface area (Å²) in [6.07, 6.45) is 0. The molecule has 0 saturated heterocycles. The van der Waals surface area contributed by atoms with Gasteiger partial charge in [-0.1, -0.05) is 182 Å². The first-order chi connectivity index (χ1) is 26.3. The number of anilines is 3. The van der Waals surface area contributed by atoms with Crippen molar-refractivity contribution in [3.63, 3.8) is 0 Å². The number of fused-ring (bicyclic) bond motifs is 6. The standard InChI is InChI=1S/C52H35N/c1-2-12-37(13-3-1)47-19-8-9-23-52(47)53(41-29-24-39(25-30-41)44-20-10-16-36-14-4-6-17-43(36)44)42-31-26-40(27-32-42)46-21-11-22-48-49(46)34-35-50-45-18-7-5-15-38(45)28-33-51(48)50/h1-35H. The molecule has 10 aromatic carbocycles. The zero-order valence-corrected chi connectivity index (χ0v) is 29.2. The molecule has 0 aromatic heterocycles. The molecule has 10 aromatic rings. The highest BCUT2D eigenvalue weighted by atomic mass is 15.1. The van der Waals surface area contributed by atoms with E-state index in [2.05, 4.69) is 217 Å². The van der Waals surface area contributed by atoms with E-state index in [0.717, 1.165) is 17.1 Å². The molecule has 0 radical (unpaired) electrons. The fourth-order valence-corrected chi connectivity index (χ4v) is 8.12. The average molecular weight is 674 g/mol. The van der Waals surface area contributed by atoms with Crippen molar-refractivity contribution in [2.75, 3.05) is 4.90 Å². The Morgan fingerprint density at radius 1 is 0.226 bits per heavy atom. The Morgan fingerprint density at radius 3 is 1.40 bits per heavy atom. The quantitative estimate of drug-likeness (QED) is 0.159. The van der Waals surface area contributed by atoms with Crippen LogP contribution in [-0.4, -0.2) is 0 Å². The van der Waals surface area contributed by atoms with Crippen molar-refractivity contribution < 1.29 is 0 Å². The third-order valence-corrected chi connectivity index (χ3v) is 10.7. The second-order valence-corrected chi connectivity index (χ2v) is 13.7. The Kier molecular flexibility index (Phi) is 7.55. The minimum absolute atomic E-state index is 1.10. The topological polar surface area (TPSA) is 3.24 Å². The van der Waals surface area contributed by atoms with Gasteiger partial charge in [0.2, 0.25) is 0 Å². The van der Waals surface area contributed by atoms with Crippen molar-refractivity contribution >= 4 is 60.2 Å². The van der Waals surface area contributed by atoms with Gasteiger partial charge in [-0.25, -0.2) is 0 Å². The Labute approximate surface area is 309 Å². The average Bonchev–Trinajstić information content (AvgIpc) is 3.24. The van der Waals surface area contributed by atoms with Crippen molar-refractivity contribution in [3.8, 4) is 33.4 Å². The molecule has 0 heterocycles. The Balaban J connectivity index is 1.09.